The van der Waals surface area contributed by atoms with E-state index in [1.54, 1.807) is 21.3 Å². The lowest BCUT2D eigenvalue weighted by Gasteiger charge is -2.38. The van der Waals surface area contributed by atoms with Gasteiger partial charge < -0.3 is 29.6 Å². The van der Waals surface area contributed by atoms with Crippen molar-refractivity contribution < 1.29 is 18.9 Å². The number of halogens is 1. The van der Waals surface area contributed by atoms with E-state index in [1.165, 1.54) is 0 Å². The Morgan fingerprint density at radius 2 is 1.73 bits per heavy atom. The molecule has 1 aliphatic rings. The van der Waals surface area contributed by atoms with Crippen LogP contribution >= 0.6 is 24.0 Å². The lowest BCUT2D eigenvalue weighted by atomic mass is 9.89. The highest BCUT2D eigenvalue weighted by Crippen LogP contribution is 2.38. The van der Waals surface area contributed by atoms with E-state index < -0.39 is 0 Å². The second kappa shape index (κ2) is 10.7. The van der Waals surface area contributed by atoms with Crippen LogP contribution in [0.15, 0.2) is 17.1 Å². The second-order valence-electron chi connectivity index (χ2n) is 6.39. The van der Waals surface area contributed by atoms with E-state index in [4.69, 9.17) is 18.9 Å². The Morgan fingerprint density at radius 1 is 1.12 bits per heavy atom. The smallest absolute Gasteiger partial charge is 0.203 e. The van der Waals surface area contributed by atoms with Crippen molar-refractivity contribution in [2.45, 2.75) is 20.4 Å². The zero-order valence-corrected chi connectivity index (χ0v) is 18.5. The molecule has 1 aromatic carbocycles. The molecule has 0 atom stereocenters. The Labute approximate surface area is 172 Å². The normalized spacial score (nSPS) is 15.3. The minimum atomic E-state index is 0. The number of guanidine groups is 1. The van der Waals surface area contributed by atoms with Crippen LogP contribution in [0, 0.1) is 5.41 Å². The summed E-state index contributed by atoms with van der Waals surface area (Å²) in [6, 6.07) is 3.82. The Morgan fingerprint density at radius 3 is 2.15 bits per heavy atom. The van der Waals surface area contributed by atoms with Crippen LogP contribution in [-0.4, -0.2) is 53.6 Å². The second-order valence-corrected chi connectivity index (χ2v) is 6.39. The largest absolute Gasteiger partial charge is 0.493 e. The first-order chi connectivity index (χ1) is 12.0. The van der Waals surface area contributed by atoms with Gasteiger partial charge in [-0.2, -0.15) is 0 Å². The molecule has 0 unspecified atom stereocenters. The Hall–Kier alpha value is -1.42. The fourth-order valence-corrected chi connectivity index (χ4v) is 2.59. The number of ether oxygens (including phenoxy) is 4. The molecule has 1 saturated heterocycles. The van der Waals surface area contributed by atoms with E-state index in [-0.39, 0.29) is 29.4 Å². The molecule has 8 heteroatoms. The Balaban J connectivity index is 0.00000338. The number of aliphatic imine (C=N–C) groups is 1. The Kier molecular flexibility index (Phi) is 9.28. The number of methoxy groups -OCH3 is 3. The minimum Gasteiger partial charge on any atom is -0.493 e. The molecule has 0 bridgehead atoms. The molecule has 0 saturated carbocycles. The SMILES string of the molecule is CCNC(=NCc1cc(OC)c(OC)c(OC)c1)NCC1(C)COC1.I. The molecule has 0 amide bonds. The van der Waals surface area contributed by atoms with Crippen molar-refractivity contribution in [1.82, 2.24) is 10.6 Å². The van der Waals surface area contributed by atoms with Crippen molar-refractivity contribution in [2.24, 2.45) is 10.4 Å². The van der Waals surface area contributed by atoms with Gasteiger partial charge in [0, 0.05) is 18.5 Å². The molecule has 7 nitrogen and oxygen atoms in total. The minimum absolute atomic E-state index is 0. The molecular weight excluding hydrogens is 449 g/mol. The number of hydrogen-bond donors (Lipinski definition) is 2. The van der Waals surface area contributed by atoms with Crippen molar-refractivity contribution in [3.05, 3.63) is 17.7 Å². The third kappa shape index (κ3) is 5.80. The van der Waals surface area contributed by atoms with Gasteiger partial charge in [0.25, 0.3) is 0 Å². The highest BCUT2D eigenvalue weighted by molar-refractivity contribution is 14.0. The van der Waals surface area contributed by atoms with Gasteiger partial charge in [0.15, 0.2) is 17.5 Å². The van der Waals surface area contributed by atoms with Crippen LogP contribution in [0.1, 0.15) is 19.4 Å². The molecular formula is C18H30IN3O4. The predicted octanol–water partition coefficient (Wildman–Crippen LogP) is 2.42. The van der Waals surface area contributed by atoms with Crippen LogP contribution in [0.4, 0.5) is 0 Å². The monoisotopic (exact) mass is 479 g/mol. The summed E-state index contributed by atoms with van der Waals surface area (Å²) in [7, 11) is 4.81. The molecule has 1 aromatic rings. The molecule has 0 radical (unpaired) electrons. The zero-order valence-electron chi connectivity index (χ0n) is 16.2. The number of nitrogens with zero attached hydrogens (tertiary/aromatic N) is 1. The number of hydrogen-bond acceptors (Lipinski definition) is 5. The Bertz CT molecular complexity index is 581. The van der Waals surface area contributed by atoms with Crippen molar-refractivity contribution >= 4 is 29.9 Å². The van der Waals surface area contributed by atoms with Gasteiger partial charge in [-0.3, -0.25) is 0 Å². The average Bonchev–Trinajstić information content (AvgIpc) is 2.61. The van der Waals surface area contributed by atoms with Crippen LogP contribution in [0.2, 0.25) is 0 Å². The lowest BCUT2D eigenvalue weighted by molar-refractivity contribution is -0.0971. The van der Waals surface area contributed by atoms with E-state index in [1.807, 2.05) is 19.1 Å². The summed E-state index contributed by atoms with van der Waals surface area (Å²) in [5, 5.41) is 6.65. The highest BCUT2D eigenvalue weighted by Gasteiger charge is 2.33. The lowest BCUT2D eigenvalue weighted by Crippen LogP contribution is -2.51. The summed E-state index contributed by atoms with van der Waals surface area (Å²) in [6.45, 7) is 7.94. The van der Waals surface area contributed by atoms with Gasteiger partial charge >= 0.3 is 0 Å². The quantitative estimate of drug-likeness (QED) is 0.339. The van der Waals surface area contributed by atoms with Crippen LogP contribution < -0.4 is 24.8 Å². The third-order valence-corrected chi connectivity index (χ3v) is 4.07. The fourth-order valence-electron chi connectivity index (χ4n) is 2.59. The summed E-state index contributed by atoms with van der Waals surface area (Å²) < 4.78 is 21.4. The molecule has 1 aliphatic heterocycles. The zero-order chi connectivity index (χ0) is 18.3. The highest BCUT2D eigenvalue weighted by atomic mass is 127. The van der Waals surface area contributed by atoms with Gasteiger partial charge in [0.1, 0.15) is 0 Å². The molecule has 26 heavy (non-hydrogen) atoms. The first-order valence-electron chi connectivity index (χ1n) is 8.44. The maximum atomic E-state index is 5.39. The molecule has 0 aromatic heterocycles. The maximum Gasteiger partial charge on any atom is 0.203 e. The van der Waals surface area contributed by atoms with E-state index in [2.05, 4.69) is 22.5 Å². The summed E-state index contributed by atoms with van der Waals surface area (Å²) in [5.74, 6) is 2.62. The van der Waals surface area contributed by atoms with Gasteiger partial charge in [-0.15, -0.1) is 24.0 Å². The molecule has 0 aliphatic carbocycles. The third-order valence-electron chi connectivity index (χ3n) is 4.07. The van der Waals surface area contributed by atoms with Crippen LogP contribution in [-0.2, 0) is 11.3 Å². The molecule has 2 N–H and O–H groups in total. The van der Waals surface area contributed by atoms with Crippen LogP contribution in [0.25, 0.3) is 0 Å². The summed E-state index contributed by atoms with van der Waals surface area (Å²) in [4.78, 5) is 4.65. The van der Waals surface area contributed by atoms with Crippen molar-refractivity contribution in [3.63, 3.8) is 0 Å². The average molecular weight is 479 g/mol. The van der Waals surface area contributed by atoms with Crippen molar-refractivity contribution in [1.29, 1.82) is 0 Å². The summed E-state index contributed by atoms with van der Waals surface area (Å²) in [5.41, 5.74) is 1.16. The number of nitrogens with one attached hydrogen (secondary N) is 2. The van der Waals surface area contributed by atoms with Gasteiger partial charge in [-0.05, 0) is 24.6 Å². The predicted molar refractivity (Wildman–Crippen MR) is 113 cm³/mol. The first-order valence-corrected chi connectivity index (χ1v) is 8.44. The van der Waals surface area contributed by atoms with Gasteiger partial charge in [-0.1, -0.05) is 6.92 Å². The summed E-state index contributed by atoms with van der Waals surface area (Å²) >= 11 is 0. The topological polar surface area (TPSA) is 73.3 Å². The summed E-state index contributed by atoms with van der Waals surface area (Å²) in [6.07, 6.45) is 0. The van der Waals surface area contributed by atoms with E-state index in [0.717, 1.165) is 37.8 Å². The van der Waals surface area contributed by atoms with E-state index in [9.17, 15) is 0 Å². The van der Waals surface area contributed by atoms with Crippen LogP contribution in [0.3, 0.4) is 0 Å². The molecule has 0 spiro atoms. The van der Waals surface area contributed by atoms with E-state index >= 15 is 0 Å². The van der Waals surface area contributed by atoms with Gasteiger partial charge in [0.2, 0.25) is 5.75 Å². The van der Waals surface area contributed by atoms with Gasteiger partial charge in [0.05, 0.1) is 41.1 Å². The van der Waals surface area contributed by atoms with Crippen molar-refractivity contribution in [2.75, 3.05) is 47.6 Å². The first kappa shape index (κ1) is 22.6. The molecule has 1 heterocycles. The number of benzene rings is 1. The molecule has 1 fully saturated rings. The fraction of sp³-hybridized carbons (Fsp3) is 0.611. The molecule has 148 valence electrons. The number of rotatable bonds is 8. The van der Waals surface area contributed by atoms with Crippen LogP contribution in [0.5, 0.6) is 17.2 Å². The van der Waals surface area contributed by atoms with Crippen molar-refractivity contribution in [3.8, 4) is 17.2 Å². The molecule has 2 rings (SSSR count). The maximum absolute atomic E-state index is 5.39. The van der Waals surface area contributed by atoms with E-state index in [0.29, 0.717) is 23.8 Å². The standard InChI is InChI=1S/C18H29N3O4.HI/c1-6-19-17(21-10-18(2)11-25-12-18)20-9-13-7-14(22-3)16(24-5)15(8-13)23-4;/h7-8H,6,9-12H2,1-5H3,(H2,19,20,21);1H. The van der Waals surface area contributed by atoms with Gasteiger partial charge in [-0.25, -0.2) is 4.99 Å².